The molecule has 0 amide bonds. The molecule has 36 heavy (non-hydrogen) atoms. The molecule has 4 aromatic rings. The highest BCUT2D eigenvalue weighted by Gasteiger charge is 2.42. The number of nitro benzene ring substituents is 1. The van der Waals surface area contributed by atoms with Crippen molar-refractivity contribution in [3.63, 3.8) is 0 Å². The van der Waals surface area contributed by atoms with Gasteiger partial charge >= 0.3 is 0 Å². The summed E-state index contributed by atoms with van der Waals surface area (Å²) in [4.78, 5) is 17.7. The minimum atomic E-state index is -0.409. The number of rotatable bonds is 7. The van der Waals surface area contributed by atoms with Gasteiger partial charge in [0.05, 0.1) is 28.3 Å². The molecule has 1 fully saturated rings. The highest BCUT2D eigenvalue weighted by molar-refractivity contribution is 7.80. The van der Waals surface area contributed by atoms with E-state index < -0.39 is 4.92 Å². The maximum atomic E-state index is 11.6. The zero-order valence-corrected chi connectivity index (χ0v) is 20.5. The maximum Gasteiger partial charge on any atom is 0.280 e. The second-order valence-electron chi connectivity index (χ2n) is 8.63. The lowest BCUT2D eigenvalue weighted by Crippen LogP contribution is -2.29. The maximum absolute atomic E-state index is 11.6. The Morgan fingerprint density at radius 3 is 2.50 bits per heavy atom. The molecule has 2 aromatic heterocycles. The summed E-state index contributed by atoms with van der Waals surface area (Å²) in [5, 5.41) is 15.5. The first-order valence-electron chi connectivity index (χ1n) is 11.5. The first-order valence-corrected chi connectivity index (χ1v) is 11.9. The predicted molar refractivity (Wildman–Crippen MR) is 141 cm³/mol. The van der Waals surface area contributed by atoms with Crippen molar-refractivity contribution in [1.82, 2.24) is 10.3 Å². The molecule has 2 unspecified atom stereocenters. The van der Waals surface area contributed by atoms with E-state index in [9.17, 15) is 10.1 Å². The first-order chi connectivity index (χ1) is 17.4. The number of anilines is 1. The Hall–Kier alpha value is -4.24. The molecule has 182 valence electrons. The minimum Gasteiger partial charge on any atom is -0.491 e. The van der Waals surface area contributed by atoms with Crippen LogP contribution in [0.3, 0.4) is 0 Å². The zero-order valence-electron chi connectivity index (χ0n) is 19.7. The number of ether oxygens (including phenoxy) is 1. The van der Waals surface area contributed by atoms with Crippen LogP contribution in [0.1, 0.15) is 37.4 Å². The molecule has 1 aliphatic rings. The van der Waals surface area contributed by atoms with Crippen molar-refractivity contribution in [2.75, 3.05) is 4.90 Å². The Morgan fingerprint density at radius 1 is 1.06 bits per heavy atom. The predicted octanol–water partition coefficient (Wildman–Crippen LogP) is 6.21. The molecule has 9 heteroatoms. The molecular formula is C27H24N4O4S. The quantitative estimate of drug-likeness (QED) is 0.182. The molecule has 1 aliphatic heterocycles. The van der Waals surface area contributed by atoms with Crippen molar-refractivity contribution in [1.29, 1.82) is 0 Å². The average molecular weight is 501 g/mol. The molecular weight excluding hydrogens is 476 g/mol. The summed E-state index contributed by atoms with van der Waals surface area (Å²) in [5.41, 5.74) is 2.06. The molecule has 3 heterocycles. The summed E-state index contributed by atoms with van der Waals surface area (Å²) in [6, 6.07) is 22.9. The topological polar surface area (TPSA) is 93.7 Å². The van der Waals surface area contributed by atoms with Gasteiger partial charge in [-0.3, -0.25) is 15.1 Å². The summed E-state index contributed by atoms with van der Waals surface area (Å²) in [6.45, 7) is 3.96. The molecule has 0 spiro atoms. The largest absolute Gasteiger partial charge is 0.491 e. The summed E-state index contributed by atoms with van der Waals surface area (Å²) >= 11 is 5.76. The van der Waals surface area contributed by atoms with Crippen LogP contribution in [0.15, 0.2) is 89.5 Å². The Morgan fingerprint density at radius 2 is 1.81 bits per heavy atom. The Labute approximate surface area is 213 Å². The second kappa shape index (κ2) is 9.79. The van der Waals surface area contributed by atoms with Crippen LogP contribution >= 0.6 is 12.2 Å². The molecule has 0 aliphatic carbocycles. The standard InChI is InChI=1S/C27H24N4O4S/c1-17(2)34-19-12-10-18(11-13-19)30-26(25(29-27(30)36)21-8-5-6-16-28-21)24-15-14-23(35-24)20-7-3-4-9-22(20)31(32)33/h3-17,25-26H,1-2H3,(H,29,36). The van der Waals surface area contributed by atoms with Gasteiger partial charge < -0.3 is 19.4 Å². The van der Waals surface area contributed by atoms with Gasteiger partial charge in [-0.05, 0) is 80.7 Å². The number of thiocarbonyl (C=S) groups is 1. The molecule has 2 atom stereocenters. The number of pyridine rings is 1. The number of hydrogen-bond donors (Lipinski definition) is 1. The van der Waals surface area contributed by atoms with Gasteiger partial charge in [-0.25, -0.2) is 0 Å². The molecule has 2 aromatic carbocycles. The SMILES string of the molecule is CC(C)Oc1ccc(N2C(=S)NC(c3ccccn3)C2c2ccc(-c3ccccc3[N+](=O)[O-])o2)cc1. The number of para-hydroxylation sites is 1. The van der Waals surface area contributed by atoms with Gasteiger partial charge in [0.2, 0.25) is 0 Å². The van der Waals surface area contributed by atoms with Crippen molar-refractivity contribution in [2.24, 2.45) is 0 Å². The minimum absolute atomic E-state index is 0.0164. The van der Waals surface area contributed by atoms with Crippen molar-refractivity contribution in [2.45, 2.75) is 32.0 Å². The highest BCUT2D eigenvalue weighted by Crippen LogP contribution is 2.43. The number of nitrogens with one attached hydrogen (secondary N) is 1. The number of nitro groups is 1. The van der Waals surface area contributed by atoms with Gasteiger partial charge in [0.1, 0.15) is 23.3 Å². The fraction of sp³-hybridized carbons (Fsp3) is 0.185. The summed E-state index contributed by atoms with van der Waals surface area (Å²) in [6.07, 6.45) is 1.80. The van der Waals surface area contributed by atoms with Gasteiger partial charge in [-0.15, -0.1) is 0 Å². The van der Waals surface area contributed by atoms with Gasteiger partial charge in [0.25, 0.3) is 5.69 Å². The first kappa shape index (κ1) is 23.5. The average Bonchev–Trinajstić information content (AvgIpc) is 3.49. The van der Waals surface area contributed by atoms with E-state index in [1.165, 1.54) is 6.07 Å². The van der Waals surface area contributed by atoms with Crippen LogP contribution in [0.4, 0.5) is 11.4 Å². The second-order valence-corrected chi connectivity index (χ2v) is 9.02. The van der Waals surface area contributed by atoms with E-state index in [1.807, 2.05) is 67.3 Å². The fourth-order valence-corrected chi connectivity index (χ4v) is 4.72. The lowest BCUT2D eigenvalue weighted by atomic mass is 10.0. The van der Waals surface area contributed by atoms with Crippen LogP contribution in [0, 0.1) is 10.1 Å². The van der Waals surface area contributed by atoms with Crippen molar-refractivity contribution < 1.29 is 14.1 Å². The number of furan rings is 1. The molecule has 0 bridgehead atoms. The van der Waals surface area contributed by atoms with E-state index in [0.29, 0.717) is 22.2 Å². The van der Waals surface area contributed by atoms with E-state index in [2.05, 4.69) is 10.3 Å². The Balaban J connectivity index is 1.57. The van der Waals surface area contributed by atoms with Crippen molar-refractivity contribution in [3.05, 3.63) is 107 Å². The van der Waals surface area contributed by atoms with Crippen LogP contribution in [0.5, 0.6) is 5.75 Å². The highest BCUT2D eigenvalue weighted by atomic mass is 32.1. The Kier molecular flexibility index (Phi) is 6.39. The summed E-state index contributed by atoms with van der Waals surface area (Å²) < 4.78 is 12.1. The van der Waals surface area contributed by atoms with Gasteiger partial charge in [-0.2, -0.15) is 0 Å². The van der Waals surface area contributed by atoms with Crippen LogP contribution < -0.4 is 15.0 Å². The van der Waals surface area contributed by atoms with Crippen LogP contribution in [0.2, 0.25) is 0 Å². The van der Waals surface area contributed by atoms with Crippen LogP contribution in [-0.4, -0.2) is 21.1 Å². The monoisotopic (exact) mass is 500 g/mol. The Bertz CT molecular complexity index is 1390. The molecule has 1 N–H and O–H groups in total. The number of benzene rings is 2. The van der Waals surface area contributed by atoms with Crippen molar-refractivity contribution in [3.8, 4) is 17.1 Å². The third kappa shape index (κ3) is 4.52. The lowest BCUT2D eigenvalue weighted by Gasteiger charge is -2.26. The summed E-state index contributed by atoms with van der Waals surface area (Å²) in [5.74, 6) is 1.78. The van der Waals surface area contributed by atoms with E-state index in [1.54, 1.807) is 30.5 Å². The van der Waals surface area contributed by atoms with Crippen LogP contribution in [-0.2, 0) is 0 Å². The van der Waals surface area contributed by atoms with E-state index in [4.69, 9.17) is 21.4 Å². The number of hydrogen-bond acceptors (Lipinski definition) is 6. The molecule has 0 radical (unpaired) electrons. The van der Waals surface area contributed by atoms with E-state index >= 15 is 0 Å². The molecule has 1 saturated heterocycles. The summed E-state index contributed by atoms with van der Waals surface area (Å²) in [7, 11) is 0. The van der Waals surface area contributed by atoms with Gasteiger partial charge in [-0.1, -0.05) is 18.2 Å². The third-order valence-corrected chi connectivity index (χ3v) is 6.18. The number of aromatic nitrogens is 1. The van der Waals surface area contributed by atoms with Gasteiger partial charge in [0, 0.05) is 18.0 Å². The van der Waals surface area contributed by atoms with Gasteiger partial charge in [0.15, 0.2) is 5.11 Å². The fourth-order valence-electron chi connectivity index (χ4n) is 4.38. The van der Waals surface area contributed by atoms with Crippen molar-refractivity contribution >= 4 is 28.7 Å². The zero-order chi connectivity index (χ0) is 25.2. The molecule has 0 saturated carbocycles. The third-order valence-electron chi connectivity index (χ3n) is 5.87. The van der Waals surface area contributed by atoms with Crippen LogP contribution in [0.25, 0.3) is 11.3 Å². The number of nitrogens with zero attached hydrogens (tertiary/aromatic N) is 3. The van der Waals surface area contributed by atoms with E-state index in [0.717, 1.165) is 17.1 Å². The molecule has 5 rings (SSSR count). The lowest BCUT2D eigenvalue weighted by molar-refractivity contribution is -0.384. The normalized spacial score (nSPS) is 17.3. The molecule has 8 nitrogen and oxygen atoms in total. The van der Waals surface area contributed by atoms with E-state index in [-0.39, 0.29) is 23.9 Å². The smallest absolute Gasteiger partial charge is 0.280 e.